The Bertz CT molecular complexity index is 727. The molecule has 0 aliphatic carbocycles. The molecule has 0 bridgehead atoms. The van der Waals surface area contributed by atoms with Crippen LogP contribution < -0.4 is 5.32 Å². The SMILES string of the molecule is CCCC1=C(C(=O)Nc2ccc([N+](=O)[O-])cc2)SC2=NCCCN21. The molecule has 8 heteroatoms. The van der Waals surface area contributed by atoms with Crippen molar-refractivity contribution in [3.05, 3.63) is 45.0 Å². The minimum Gasteiger partial charge on any atom is -0.323 e. The summed E-state index contributed by atoms with van der Waals surface area (Å²) in [5, 5.41) is 14.4. The van der Waals surface area contributed by atoms with Crippen LogP contribution in [0.2, 0.25) is 0 Å². The molecular formula is C16H18N4O3S. The highest BCUT2D eigenvalue weighted by atomic mass is 32.2. The molecule has 0 spiro atoms. The van der Waals surface area contributed by atoms with Gasteiger partial charge in [0.15, 0.2) is 5.17 Å². The minimum absolute atomic E-state index is 0.000569. The lowest BCUT2D eigenvalue weighted by Gasteiger charge is -2.25. The third kappa shape index (κ3) is 3.28. The van der Waals surface area contributed by atoms with E-state index in [0.717, 1.165) is 43.2 Å². The summed E-state index contributed by atoms with van der Waals surface area (Å²) in [6.45, 7) is 3.79. The quantitative estimate of drug-likeness (QED) is 0.652. The summed E-state index contributed by atoms with van der Waals surface area (Å²) in [4.78, 5) is 30.2. The number of aliphatic imine (C=N–C) groups is 1. The Morgan fingerprint density at radius 1 is 1.42 bits per heavy atom. The van der Waals surface area contributed by atoms with Gasteiger partial charge in [-0.05, 0) is 36.7 Å². The second kappa shape index (κ2) is 7.04. The molecule has 1 amide bonds. The van der Waals surface area contributed by atoms with Gasteiger partial charge in [-0.15, -0.1) is 0 Å². The lowest BCUT2D eigenvalue weighted by molar-refractivity contribution is -0.384. The number of thioether (sulfide) groups is 1. The standard InChI is InChI=1S/C16H18N4O3S/c1-2-4-13-14(24-16-17-9-3-10-19(13)16)15(21)18-11-5-7-12(8-6-11)20(22)23/h5-8H,2-4,9-10H2,1H3,(H,18,21). The fourth-order valence-corrected chi connectivity index (χ4v) is 3.84. The molecule has 2 aliphatic heterocycles. The van der Waals surface area contributed by atoms with E-state index in [-0.39, 0.29) is 11.6 Å². The summed E-state index contributed by atoms with van der Waals surface area (Å²) < 4.78 is 0. The smallest absolute Gasteiger partial charge is 0.269 e. The molecule has 0 unspecified atom stereocenters. The van der Waals surface area contributed by atoms with Crippen LogP contribution in [0, 0.1) is 10.1 Å². The summed E-state index contributed by atoms with van der Waals surface area (Å²) in [5.74, 6) is -0.186. The van der Waals surface area contributed by atoms with Crippen LogP contribution in [0.25, 0.3) is 0 Å². The number of fused-ring (bicyclic) bond motifs is 1. The second-order valence-electron chi connectivity index (χ2n) is 5.56. The maximum Gasteiger partial charge on any atom is 0.269 e. The Labute approximate surface area is 144 Å². The Hall–Kier alpha value is -2.35. The largest absolute Gasteiger partial charge is 0.323 e. The summed E-state index contributed by atoms with van der Waals surface area (Å²) in [7, 11) is 0. The molecular weight excluding hydrogens is 328 g/mol. The van der Waals surface area contributed by atoms with Crippen LogP contribution in [0.15, 0.2) is 39.9 Å². The van der Waals surface area contributed by atoms with E-state index in [1.807, 2.05) is 0 Å². The number of rotatable bonds is 5. The van der Waals surface area contributed by atoms with Crippen LogP contribution in [0.1, 0.15) is 26.2 Å². The van der Waals surface area contributed by atoms with E-state index in [1.165, 1.54) is 23.9 Å². The molecule has 24 heavy (non-hydrogen) atoms. The molecule has 1 aromatic carbocycles. The number of non-ortho nitro benzene ring substituents is 1. The van der Waals surface area contributed by atoms with Gasteiger partial charge in [0.25, 0.3) is 11.6 Å². The predicted molar refractivity (Wildman–Crippen MR) is 94.9 cm³/mol. The average Bonchev–Trinajstić information content (AvgIpc) is 2.95. The molecule has 3 rings (SSSR count). The van der Waals surface area contributed by atoms with Crippen molar-refractivity contribution < 1.29 is 9.72 Å². The highest BCUT2D eigenvalue weighted by molar-refractivity contribution is 8.18. The molecule has 0 atom stereocenters. The summed E-state index contributed by atoms with van der Waals surface area (Å²) >= 11 is 1.41. The van der Waals surface area contributed by atoms with E-state index >= 15 is 0 Å². The van der Waals surface area contributed by atoms with Crippen LogP contribution in [0.3, 0.4) is 0 Å². The molecule has 126 valence electrons. The molecule has 1 N–H and O–H groups in total. The van der Waals surface area contributed by atoms with Crippen molar-refractivity contribution in [1.29, 1.82) is 0 Å². The van der Waals surface area contributed by atoms with Gasteiger partial charge < -0.3 is 10.2 Å². The Morgan fingerprint density at radius 2 is 2.17 bits per heavy atom. The third-order valence-corrected chi connectivity index (χ3v) is 4.99. The summed E-state index contributed by atoms with van der Waals surface area (Å²) in [5.41, 5.74) is 1.57. The van der Waals surface area contributed by atoms with E-state index in [1.54, 1.807) is 12.1 Å². The highest BCUT2D eigenvalue weighted by Crippen LogP contribution is 2.38. The maximum absolute atomic E-state index is 12.7. The topological polar surface area (TPSA) is 87.8 Å². The first-order valence-electron chi connectivity index (χ1n) is 7.89. The first-order valence-corrected chi connectivity index (χ1v) is 8.70. The van der Waals surface area contributed by atoms with Crippen molar-refractivity contribution in [2.24, 2.45) is 4.99 Å². The molecule has 2 aliphatic rings. The number of carbonyl (C=O) groups is 1. The number of allylic oxidation sites excluding steroid dienone is 1. The number of nitro benzene ring substituents is 1. The van der Waals surface area contributed by atoms with Crippen molar-refractivity contribution in [3.8, 4) is 0 Å². The van der Waals surface area contributed by atoms with Crippen LogP contribution >= 0.6 is 11.8 Å². The van der Waals surface area contributed by atoms with Gasteiger partial charge in [-0.3, -0.25) is 19.9 Å². The Kier molecular flexibility index (Phi) is 4.84. The predicted octanol–water partition coefficient (Wildman–Crippen LogP) is 3.35. The summed E-state index contributed by atoms with van der Waals surface area (Å²) in [6, 6.07) is 5.85. The van der Waals surface area contributed by atoms with Gasteiger partial charge >= 0.3 is 0 Å². The highest BCUT2D eigenvalue weighted by Gasteiger charge is 2.33. The van der Waals surface area contributed by atoms with Gasteiger partial charge in [-0.2, -0.15) is 0 Å². The van der Waals surface area contributed by atoms with Crippen LogP contribution in [0.5, 0.6) is 0 Å². The third-order valence-electron chi connectivity index (χ3n) is 3.83. The van der Waals surface area contributed by atoms with Crippen molar-refractivity contribution in [1.82, 2.24) is 4.90 Å². The number of nitrogens with zero attached hydrogens (tertiary/aromatic N) is 3. The number of nitro groups is 1. The fourth-order valence-electron chi connectivity index (χ4n) is 2.71. The zero-order chi connectivity index (χ0) is 17.1. The van der Waals surface area contributed by atoms with E-state index in [0.29, 0.717) is 10.6 Å². The van der Waals surface area contributed by atoms with Gasteiger partial charge in [0.05, 0.1) is 9.83 Å². The van der Waals surface area contributed by atoms with Crippen molar-refractivity contribution in [3.63, 3.8) is 0 Å². The van der Waals surface area contributed by atoms with Crippen LogP contribution in [-0.4, -0.2) is 34.0 Å². The zero-order valence-corrected chi connectivity index (χ0v) is 14.1. The molecule has 0 saturated carbocycles. The zero-order valence-electron chi connectivity index (χ0n) is 13.3. The van der Waals surface area contributed by atoms with E-state index in [9.17, 15) is 14.9 Å². The van der Waals surface area contributed by atoms with Crippen LogP contribution in [0.4, 0.5) is 11.4 Å². The average molecular weight is 346 g/mol. The molecule has 7 nitrogen and oxygen atoms in total. The summed E-state index contributed by atoms with van der Waals surface area (Å²) in [6.07, 6.45) is 2.78. The van der Waals surface area contributed by atoms with Crippen LogP contribution in [-0.2, 0) is 4.79 Å². The van der Waals surface area contributed by atoms with Gasteiger partial charge in [-0.1, -0.05) is 13.3 Å². The number of amides is 1. The number of amidine groups is 1. The van der Waals surface area contributed by atoms with Gasteiger partial charge in [0.2, 0.25) is 0 Å². The molecule has 0 fully saturated rings. The lowest BCUT2D eigenvalue weighted by atomic mass is 10.2. The second-order valence-corrected chi connectivity index (χ2v) is 6.53. The fraction of sp³-hybridized carbons (Fsp3) is 0.375. The molecule has 0 aromatic heterocycles. The van der Waals surface area contributed by atoms with Crippen molar-refractivity contribution in [2.75, 3.05) is 18.4 Å². The van der Waals surface area contributed by atoms with Crippen molar-refractivity contribution >= 4 is 34.2 Å². The minimum atomic E-state index is -0.462. The number of hydrogen-bond acceptors (Lipinski definition) is 6. The normalized spacial score (nSPS) is 16.7. The maximum atomic E-state index is 12.7. The number of benzene rings is 1. The monoisotopic (exact) mass is 346 g/mol. The molecule has 0 radical (unpaired) electrons. The number of anilines is 1. The molecule has 1 aromatic rings. The molecule has 2 heterocycles. The van der Waals surface area contributed by atoms with E-state index < -0.39 is 4.92 Å². The molecule has 0 saturated heterocycles. The Morgan fingerprint density at radius 3 is 2.83 bits per heavy atom. The number of hydrogen-bond donors (Lipinski definition) is 1. The van der Waals surface area contributed by atoms with Gasteiger partial charge in [0.1, 0.15) is 0 Å². The lowest BCUT2D eigenvalue weighted by Crippen LogP contribution is -2.29. The van der Waals surface area contributed by atoms with Crippen molar-refractivity contribution in [2.45, 2.75) is 26.2 Å². The number of carbonyl (C=O) groups excluding carboxylic acids is 1. The van der Waals surface area contributed by atoms with Gasteiger partial charge in [0, 0.05) is 36.6 Å². The first-order chi connectivity index (χ1) is 11.6. The van der Waals surface area contributed by atoms with E-state index in [4.69, 9.17) is 0 Å². The number of nitrogens with one attached hydrogen (secondary N) is 1. The van der Waals surface area contributed by atoms with E-state index in [2.05, 4.69) is 22.1 Å². The Balaban J connectivity index is 1.79. The van der Waals surface area contributed by atoms with Gasteiger partial charge in [-0.25, -0.2) is 0 Å². The first kappa shape index (κ1) is 16.5.